The lowest BCUT2D eigenvalue weighted by molar-refractivity contribution is 0.329. The Bertz CT molecular complexity index is 2850. The summed E-state index contributed by atoms with van der Waals surface area (Å²) in [6.07, 6.45) is 24.0. The number of nitrogens with zero attached hydrogens (tertiary/aromatic N) is 7. The summed E-state index contributed by atoms with van der Waals surface area (Å²) in [4.78, 5) is 7.32. The van der Waals surface area contributed by atoms with Crippen LogP contribution in [-0.2, 0) is 0 Å². The van der Waals surface area contributed by atoms with Crippen LogP contribution < -0.4 is 14.5 Å². The molecule has 8 nitrogen and oxygen atoms in total. The fourth-order valence-electron chi connectivity index (χ4n) is 7.83. The number of anilines is 4. The summed E-state index contributed by atoms with van der Waals surface area (Å²) >= 11 is 0. The molecular formula is C53H41N7O. The van der Waals surface area contributed by atoms with Crippen LogP contribution in [-0.4, -0.2) is 12.8 Å². The SMILES string of the molecule is N#Cc1c(/C=C/C2=CC=C(N(c3ccccc3)C3C=CC=CC3)CC2)ccc2c(C#N)c(/C=C/c3ccc(N(c4ccccc4)c4ccc(OCN=[N+]=[N-])cc4)cc3)ccc12. The molecule has 2 aliphatic carbocycles. The smallest absolute Gasteiger partial charge is 0.167 e. The summed E-state index contributed by atoms with van der Waals surface area (Å²) in [5.74, 6) is 0.605. The monoisotopic (exact) mass is 791 g/mol. The Labute approximate surface area is 356 Å². The molecule has 294 valence electrons. The second-order valence-corrected chi connectivity index (χ2v) is 14.5. The summed E-state index contributed by atoms with van der Waals surface area (Å²) in [5.41, 5.74) is 18.8. The molecule has 0 aliphatic heterocycles. The maximum atomic E-state index is 10.4. The third-order valence-corrected chi connectivity index (χ3v) is 10.8. The molecule has 6 aromatic rings. The van der Waals surface area contributed by atoms with Gasteiger partial charge in [-0.05, 0) is 114 Å². The molecule has 0 aromatic heterocycles. The van der Waals surface area contributed by atoms with Gasteiger partial charge in [-0.2, -0.15) is 10.5 Å². The van der Waals surface area contributed by atoms with Crippen molar-refractivity contribution >= 4 is 51.8 Å². The number of hydrogen-bond acceptors (Lipinski definition) is 6. The molecule has 0 saturated carbocycles. The maximum Gasteiger partial charge on any atom is 0.167 e. The van der Waals surface area contributed by atoms with Gasteiger partial charge in [0, 0.05) is 44.1 Å². The molecule has 0 saturated heterocycles. The maximum absolute atomic E-state index is 10.4. The van der Waals surface area contributed by atoms with Gasteiger partial charge in [0.2, 0.25) is 0 Å². The molecule has 1 unspecified atom stereocenters. The number of benzene rings is 6. The van der Waals surface area contributed by atoms with E-state index in [2.05, 4.69) is 129 Å². The third kappa shape index (κ3) is 9.07. The first-order valence-electron chi connectivity index (χ1n) is 20.2. The van der Waals surface area contributed by atoms with Gasteiger partial charge in [-0.3, -0.25) is 0 Å². The van der Waals surface area contributed by atoms with Crippen LogP contribution in [0.2, 0.25) is 0 Å². The van der Waals surface area contributed by atoms with Crippen molar-refractivity contribution in [3.05, 3.63) is 226 Å². The molecular weight excluding hydrogens is 751 g/mol. The Kier molecular flexibility index (Phi) is 12.3. The molecule has 0 radical (unpaired) electrons. The van der Waals surface area contributed by atoms with Gasteiger partial charge >= 0.3 is 0 Å². The lowest BCUT2D eigenvalue weighted by Crippen LogP contribution is -2.34. The number of hydrogen-bond donors (Lipinski definition) is 0. The first-order valence-corrected chi connectivity index (χ1v) is 20.2. The van der Waals surface area contributed by atoms with Gasteiger partial charge < -0.3 is 14.5 Å². The molecule has 61 heavy (non-hydrogen) atoms. The van der Waals surface area contributed by atoms with Crippen molar-refractivity contribution in [3.8, 4) is 17.9 Å². The van der Waals surface area contributed by atoms with E-state index >= 15 is 0 Å². The number of ether oxygens (including phenoxy) is 1. The normalized spacial score (nSPS) is 14.5. The van der Waals surface area contributed by atoms with Gasteiger partial charge in [-0.1, -0.05) is 133 Å². The summed E-state index contributed by atoms with van der Waals surface area (Å²) in [5, 5.41) is 25.7. The van der Waals surface area contributed by atoms with Crippen LogP contribution in [0.4, 0.5) is 22.7 Å². The molecule has 0 bridgehead atoms. The zero-order chi connectivity index (χ0) is 41.8. The number of azide groups is 1. The van der Waals surface area contributed by atoms with Crippen molar-refractivity contribution in [2.45, 2.75) is 25.3 Å². The largest absolute Gasteiger partial charge is 0.488 e. The van der Waals surface area contributed by atoms with Gasteiger partial charge in [0.15, 0.2) is 6.73 Å². The van der Waals surface area contributed by atoms with E-state index in [0.717, 1.165) is 63.8 Å². The fraction of sp³-hybridized carbons (Fsp3) is 0.0943. The lowest BCUT2D eigenvalue weighted by atomic mass is 9.92. The Balaban J connectivity index is 1.01. The van der Waals surface area contributed by atoms with E-state index in [1.54, 1.807) is 0 Å². The Morgan fingerprint density at radius 2 is 1.26 bits per heavy atom. The first-order chi connectivity index (χ1) is 30.1. The minimum atomic E-state index is -0.0763. The Morgan fingerprint density at radius 3 is 1.84 bits per heavy atom. The highest BCUT2D eigenvalue weighted by Gasteiger charge is 2.22. The zero-order valence-corrected chi connectivity index (χ0v) is 33.4. The molecule has 2 aliphatic rings. The minimum absolute atomic E-state index is 0.0763. The third-order valence-electron chi connectivity index (χ3n) is 10.8. The van der Waals surface area contributed by atoms with E-state index in [-0.39, 0.29) is 12.8 Å². The van der Waals surface area contributed by atoms with Crippen molar-refractivity contribution in [2.75, 3.05) is 16.5 Å². The van der Waals surface area contributed by atoms with Crippen LogP contribution in [0.5, 0.6) is 5.75 Å². The topological polar surface area (TPSA) is 112 Å². The van der Waals surface area contributed by atoms with E-state index in [1.165, 1.54) is 17.0 Å². The highest BCUT2D eigenvalue weighted by molar-refractivity contribution is 5.97. The zero-order valence-electron chi connectivity index (χ0n) is 33.4. The minimum Gasteiger partial charge on any atom is -0.488 e. The summed E-state index contributed by atoms with van der Waals surface area (Å²) < 4.78 is 5.50. The molecule has 1 atom stereocenters. The molecule has 0 fully saturated rings. The van der Waals surface area contributed by atoms with E-state index < -0.39 is 0 Å². The van der Waals surface area contributed by atoms with E-state index in [1.807, 2.05) is 97.1 Å². The van der Waals surface area contributed by atoms with Gasteiger partial charge in [-0.15, -0.1) is 0 Å². The Hall–Kier alpha value is -8.29. The lowest BCUT2D eigenvalue weighted by Gasteiger charge is -2.35. The number of fused-ring (bicyclic) bond motifs is 1. The van der Waals surface area contributed by atoms with Crippen molar-refractivity contribution in [1.82, 2.24) is 0 Å². The van der Waals surface area contributed by atoms with Gasteiger partial charge in [-0.25, -0.2) is 0 Å². The van der Waals surface area contributed by atoms with Crippen LogP contribution in [0.25, 0.3) is 39.4 Å². The summed E-state index contributed by atoms with van der Waals surface area (Å²) in [6, 6.07) is 49.4. The van der Waals surface area contributed by atoms with E-state index in [4.69, 9.17) is 10.3 Å². The second kappa shape index (κ2) is 19.0. The van der Waals surface area contributed by atoms with Crippen molar-refractivity contribution in [3.63, 3.8) is 0 Å². The standard InChI is InChI=1S/C53H41N7O/c54-36-52-41(22-16-39-18-26-46(27-19-39)59(43-10-4-1-5-11-43)44-12-6-2-7-13-44)24-34-51-50(52)35-25-42(53(51)37-55)23-17-40-20-28-47(29-21-40)60(45-14-8-3-9-15-45)48-30-32-49(33-31-48)61-38-57-58-56/h1-12,14-18,20-26,28-35,44H,13,19,27,38H2/b22-16+,23-17+. The molecule has 6 aromatic carbocycles. The first kappa shape index (κ1) is 39.5. The fourth-order valence-corrected chi connectivity index (χ4v) is 7.83. The average molecular weight is 792 g/mol. The van der Waals surface area contributed by atoms with Crippen molar-refractivity contribution in [1.29, 1.82) is 10.5 Å². The van der Waals surface area contributed by atoms with Gasteiger partial charge in [0.25, 0.3) is 0 Å². The summed E-state index contributed by atoms with van der Waals surface area (Å²) in [7, 11) is 0. The quantitative estimate of drug-likeness (QED) is 0.0500. The van der Waals surface area contributed by atoms with Crippen LogP contribution in [0.3, 0.4) is 0 Å². The van der Waals surface area contributed by atoms with Crippen molar-refractivity contribution in [2.24, 2.45) is 5.11 Å². The average Bonchev–Trinajstić information content (AvgIpc) is 3.32. The van der Waals surface area contributed by atoms with E-state index in [0.29, 0.717) is 16.9 Å². The van der Waals surface area contributed by atoms with Crippen LogP contribution in [0.1, 0.15) is 47.1 Å². The van der Waals surface area contributed by atoms with Gasteiger partial charge in [0.1, 0.15) is 17.9 Å². The number of para-hydroxylation sites is 2. The molecule has 0 spiro atoms. The molecule has 0 N–H and O–H groups in total. The highest BCUT2D eigenvalue weighted by Crippen LogP contribution is 2.36. The molecule has 8 heteroatoms. The van der Waals surface area contributed by atoms with Gasteiger partial charge in [0.05, 0.1) is 17.2 Å². The van der Waals surface area contributed by atoms with Crippen LogP contribution in [0.15, 0.2) is 192 Å². The number of rotatable bonds is 13. The Morgan fingerprint density at radius 1 is 0.656 bits per heavy atom. The van der Waals surface area contributed by atoms with Crippen LogP contribution in [0, 0.1) is 22.7 Å². The molecule has 8 rings (SSSR count). The van der Waals surface area contributed by atoms with Crippen LogP contribution >= 0.6 is 0 Å². The summed E-state index contributed by atoms with van der Waals surface area (Å²) in [6.45, 7) is -0.0763. The number of nitriles is 2. The molecule has 0 heterocycles. The predicted molar refractivity (Wildman–Crippen MR) is 248 cm³/mol. The number of allylic oxidation sites excluding steroid dienone is 7. The highest BCUT2D eigenvalue weighted by atomic mass is 16.5. The van der Waals surface area contributed by atoms with Crippen molar-refractivity contribution < 1.29 is 4.74 Å². The second-order valence-electron chi connectivity index (χ2n) is 14.5. The van der Waals surface area contributed by atoms with E-state index in [9.17, 15) is 10.5 Å². The molecule has 0 amide bonds. The predicted octanol–water partition coefficient (Wildman–Crippen LogP) is 13.9.